The molecule has 1 rings (SSSR count). The van der Waals surface area contributed by atoms with Gasteiger partial charge in [-0.25, -0.2) is 0 Å². The number of allylic oxidation sites excluding steroid dienone is 4. The minimum Gasteiger partial charge on any atom is -0.423 e. The van der Waals surface area contributed by atoms with E-state index in [1.54, 1.807) is 6.92 Å². The summed E-state index contributed by atoms with van der Waals surface area (Å²) in [5.41, 5.74) is -1.03. The molecule has 0 spiro atoms. The maximum absolute atomic E-state index is 12.4. The van der Waals surface area contributed by atoms with Crippen LogP contribution < -0.4 is 0 Å². The van der Waals surface area contributed by atoms with Crippen molar-refractivity contribution in [3.05, 3.63) is 23.3 Å². The minimum atomic E-state index is -4.51. The summed E-state index contributed by atoms with van der Waals surface area (Å²) in [7, 11) is -1.81. The van der Waals surface area contributed by atoms with E-state index < -0.39 is 19.0 Å². The number of hydrogen-bond donors (Lipinski definition) is 2. The van der Waals surface area contributed by atoms with Gasteiger partial charge in [0.05, 0.1) is 0 Å². The van der Waals surface area contributed by atoms with Crippen LogP contribution in [-0.4, -0.2) is 29.6 Å². The fourth-order valence-corrected chi connectivity index (χ4v) is 1.28. The summed E-state index contributed by atoms with van der Waals surface area (Å²) in [6.07, 6.45) is -1.04. The first kappa shape index (κ1) is 13.0. The van der Waals surface area contributed by atoms with E-state index in [1.165, 1.54) is 6.08 Å². The Morgan fingerprint density at radius 1 is 1.44 bits per heavy atom. The summed E-state index contributed by atoms with van der Waals surface area (Å²) in [4.78, 5) is 3.21. The highest BCUT2D eigenvalue weighted by atomic mass is 19.4. The van der Waals surface area contributed by atoms with Crippen LogP contribution in [0.25, 0.3) is 0 Å². The van der Waals surface area contributed by atoms with E-state index in [0.29, 0.717) is 0 Å². The first-order chi connectivity index (χ1) is 7.30. The van der Waals surface area contributed by atoms with E-state index in [-0.39, 0.29) is 17.8 Å². The van der Waals surface area contributed by atoms with E-state index in [2.05, 4.69) is 4.99 Å². The molecule has 7 heteroatoms. The lowest BCUT2D eigenvalue weighted by Gasteiger charge is -2.12. The van der Waals surface area contributed by atoms with Crippen molar-refractivity contribution in [3.8, 4) is 0 Å². The van der Waals surface area contributed by atoms with Gasteiger partial charge in [-0.3, -0.25) is 4.99 Å². The van der Waals surface area contributed by atoms with Crippen LogP contribution in [0.4, 0.5) is 13.2 Å². The first-order valence-corrected chi connectivity index (χ1v) is 4.70. The molecule has 1 unspecified atom stereocenters. The summed E-state index contributed by atoms with van der Waals surface area (Å²) in [5.74, 6) is -0.208. The van der Waals surface area contributed by atoms with E-state index in [9.17, 15) is 13.2 Å². The second-order valence-electron chi connectivity index (χ2n) is 3.60. The molecule has 0 aromatic rings. The quantitative estimate of drug-likeness (QED) is 0.674. The summed E-state index contributed by atoms with van der Waals surface area (Å²) < 4.78 is 37.1. The fourth-order valence-electron chi connectivity index (χ4n) is 1.28. The molecular weight excluding hydrogens is 222 g/mol. The highest BCUT2D eigenvalue weighted by Crippen LogP contribution is 2.28. The number of hydrogen-bond acceptors (Lipinski definition) is 3. The van der Waals surface area contributed by atoms with Crippen molar-refractivity contribution < 1.29 is 23.2 Å². The number of alkyl halides is 3. The minimum absolute atomic E-state index is 0.0256. The molecule has 0 amide bonds. The molecule has 16 heavy (non-hydrogen) atoms. The third-order valence-corrected chi connectivity index (χ3v) is 2.10. The third-order valence-electron chi connectivity index (χ3n) is 2.10. The van der Waals surface area contributed by atoms with E-state index >= 15 is 0 Å². The van der Waals surface area contributed by atoms with Gasteiger partial charge in [-0.15, -0.1) is 0 Å². The van der Waals surface area contributed by atoms with Crippen LogP contribution in [-0.2, 0) is 0 Å². The zero-order chi connectivity index (χ0) is 12.3. The monoisotopic (exact) mass is 233 g/mol. The standard InChI is InChI=1S/C9H11BF3NO2/c1-6-2-3-8(9(11,12)13)14-5-7(4-6)10(15)16/h3-6,15-16H,2H2,1H3. The molecule has 0 aliphatic carbocycles. The molecule has 0 saturated heterocycles. The SMILES string of the molecule is CC1C=C(B(O)O)C=NC(C(F)(F)F)=CC1. The van der Waals surface area contributed by atoms with Crippen LogP contribution in [0.3, 0.4) is 0 Å². The Labute approximate surface area is 91.1 Å². The first-order valence-electron chi connectivity index (χ1n) is 4.70. The van der Waals surface area contributed by atoms with Gasteiger partial charge in [-0.05, 0) is 17.8 Å². The van der Waals surface area contributed by atoms with Gasteiger partial charge in [0.15, 0.2) is 0 Å². The molecule has 2 N–H and O–H groups in total. The van der Waals surface area contributed by atoms with Crippen molar-refractivity contribution in [2.75, 3.05) is 0 Å². The number of rotatable bonds is 1. The lowest BCUT2D eigenvalue weighted by molar-refractivity contribution is -0.0925. The van der Waals surface area contributed by atoms with Crippen LogP contribution >= 0.6 is 0 Å². The average Bonchev–Trinajstić information content (AvgIpc) is 2.08. The summed E-state index contributed by atoms with van der Waals surface area (Å²) >= 11 is 0. The van der Waals surface area contributed by atoms with Crippen LogP contribution in [0.15, 0.2) is 28.3 Å². The van der Waals surface area contributed by atoms with Crippen LogP contribution in [0.2, 0.25) is 0 Å². The van der Waals surface area contributed by atoms with Gasteiger partial charge in [0, 0.05) is 6.21 Å². The summed E-state index contributed by atoms with van der Waals surface area (Å²) in [5, 5.41) is 17.8. The third kappa shape index (κ3) is 3.50. The van der Waals surface area contributed by atoms with Gasteiger partial charge >= 0.3 is 13.3 Å². The maximum atomic E-state index is 12.4. The smallest absolute Gasteiger partial charge is 0.423 e. The Kier molecular flexibility index (Phi) is 3.93. The predicted octanol–water partition coefficient (Wildman–Crippen LogP) is 1.48. The lowest BCUT2D eigenvalue weighted by Crippen LogP contribution is -2.19. The lowest BCUT2D eigenvalue weighted by atomic mass is 9.77. The van der Waals surface area contributed by atoms with Crippen LogP contribution in [0.1, 0.15) is 13.3 Å². The van der Waals surface area contributed by atoms with Crippen LogP contribution in [0.5, 0.6) is 0 Å². The molecular formula is C9H11BF3NO2. The zero-order valence-corrected chi connectivity index (χ0v) is 8.57. The molecule has 1 heterocycles. The Hall–Kier alpha value is -1.08. The van der Waals surface area contributed by atoms with Gasteiger partial charge in [0.25, 0.3) is 0 Å². The van der Waals surface area contributed by atoms with E-state index in [4.69, 9.17) is 10.0 Å². The van der Waals surface area contributed by atoms with Crippen molar-refractivity contribution in [2.24, 2.45) is 10.9 Å². The van der Waals surface area contributed by atoms with Gasteiger partial charge in [0.1, 0.15) is 5.70 Å². The second-order valence-corrected chi connectivity index (χ2v) is 3.60. The number of aliphatic imine (C=N–C) groups is 1. The topological polar surface area (TPSA) is 52.8 Å². The number of nitrogens with zero attached hydrogens (tertiary/aromatic N) is 1. The molecule has 88 valence electrons. The fraction of sp³-hybridized carbons (Fsp3) is 0.444. The van der Waals surface area contributed by atoms with Gasteiger partial charge in [0.2, 0.25) is 0 Å². The predicted molar refractivity (Wildman–Crippen MR) is 54.7 cm³/mol. The molecule has 1 aliphatic rings. The summed E-state index contributed by atoms with van der Waals surface area (Å²) in [6.45, 7) is 1.69. The van der Waals surface area contributed by atoms with E-state index in [0.717, 1.165) is 12.3 Å². The Bertz CT molecular complexity index is 347. The normalized spacial score (nSPS) is 22.0. The highest BCUT2D eigenvalue weighted by molar-refractivity contribution is 6.57. The Morgan fingerprint density at radius 3 is 2.56 bits per heavy atom. The molecule has 3 nitrogen and oxygen atoms in total. The van der Waals surface area contributed by atoms with E-state index in [1.807, 2.05) is 0 Å². The maximum Gasteiger partial charge on any atom is 0.489 e. The second kappa shape index (κ2) is 4.84. The van der Waals surface area contributed by atoms with Gasteiger partial charge < -0.3 is 10.0 Å². The zero-order valence-electron chi connectivity index (χ0n) is 8.57. The molecule has 0 radical (unpaired) electrons. The Morgan fingerprint density at radius 2 is 2.06 bits per heavy atom. The van der Waals surface area contributed by atoms with Crippen molar-refractivity contribution in [3.63, 3.8) is 0 Å². The van der Waals surface area contributed by atoms with Gasteiger partial charge in [-0.1, -0.05) is 19.1 Å². The van der Waals surface area contributed by atoms with Crippen molar-refractivity contribution in [1.82, 2.24) is 0 Å². The van der Waals surface area contributed by atoms with Gasteiger partial charge in [-0.2, -0.15) is 13.2 Å². The molecule has 0 aromatic heterocycles. The summed E-state index contributed by atoms with van der Waals surface area (Å²) in [6, 6.07) is 0. The molecule has 1 aliphatic heterocycles. The molecule has 1 atom stereocenters. The van der Waals surface area contributed by atoms with Crippen molar-refractivity contribution >= 4 is 13.3 Å². The Balaban J connectivity index is 3.01. The highest BCUT2D eigenvalue weighted by Gasteiger charge is 2.34. The van der Waals surface area contributed by atoms with Crippen molar-refractivity contribution in [2.45, 2.75) is 19.5 Å². The molecule has 0 bridgehead atoms. The number of halogens is 3. The van der Waals surface area contributed by atoms with Crippen molar-refractivity contribution in [1.29, 1.82) is 0 Å². The molecule has 0 saturated carbocycles. The van der Waals surface area contributed by atoms with Crippen LogP contribution in [0, 0.1) is 5.92 Å². The average molecular weight is 233 g/mol. The molecule has 0 aromatic carbocycles. The molecule has 0 fully saturated rings. The largest absolute Gasteiger partial charge is 0.489 e.